The van der Waals surface area contributed by atoms with Gasteiger partial charge in [0.1, 0.15) is 5.75 Å². The van der Waals surface area contributed by atoms with E-state index in [1.54, 1.807) is 6.07 Å². The smallest absolute Gasteiger partial charge is 0.262 e. The summed E-state index contributed by atoms with van der Waals surface area (Å²) in [5.74, 6) is 0.123. The molecule has 0 aliphatic rings. The first-order chi connectivity index (χ1) is 14.4. The van der Waals surface area contributed by atoms with E-state index in [2.05, 4.69) is 10.0 Å². The molecule has 0 aliphatic carbocycles. The molecular formula is C23H24N2O4S. The summed E-state index contributed by atoms with van der Waals surface area (Å²) in [5, 5.41) is 2.76. The molecule has 0 heterocycles. The zero-order valence-corrected chi connectivity index (χ0v) is 17.5. The van der Waals surface area contributed by atoms with E-state index in [0.717, 1.165) is 11.1 Å². The average molecular weight is 425 g/mol. The Labute approximate surface area is 177 Å². The second-order valence-corrected chi connectivity index (χ2v) is 8.58. The van der Waals surface area contributed by atoms with Crippen molar-refractivity contribution in [2.24, 2.45) is 0 Å². The van der Waals surface area contributed by atoms with Crippen LogP contribution in [0.2, 0.25) is 0 Å². The number of anilines is 1. The van der Waals surface area contributed by atoms with Crippen molar-refractivity contribution in [3.8, 4) is 5.75 Å². The average Bonchev–Trinajstić information content (AvgIpc) is 2.73. The summed E-state index contributed by atoms with van der Waals surface area (Å²) in [6.45, 7) is 2.08. The molecule has 0 unspecified atom stereocenters. The van der Waals surface area contributed by atoms with Gasteiger partial charge in [-0.3, -0.25) is 4.79 Å². The maximum atomic E-state index is 12.4. The van der Waals surface area contributed by atoms with Crippen molar-refractivity contribution in [3.05, 3.63) is 90.0 Å². The van der Waals surface area contributed by atoms with Crippen molar-refractivity contribution in [2.75, 3.05) is 18.5 Å². The molecule has 0 radical (unpaired) electrons. The van der Waals surface area contributed by atoms with Crippen LogP contribution in [-0.4, -0.2) is 27.5 Å². The minimum Gasteiger partial charge on any atom is -0.484 e. The van der Waals surface area contributed by atoms with Crippen LogP contribution in [0, 0.1) is 6.92 Å². The normalized spacial score (nSPS) is 11.1. The quantitative estimate of drug-likeness (QED) is 0.550. The van der Waals surface area contributed by atoms with E-state index >= 15 is 0 Å². The molecule has 7 heteroatoms. The first-order valence-electron chi connectivity index (χ1n) is 9.55. The van der Waals surface area contributed by atoms with E-state index in [-0.39, 0.29) is 17.4 Å². The molecule has 156 valence electrons. The summed E-state index contributed by atoms with van der Waals surface area (Å²) in [5.41, 5.74) is 2.81. The molecule has 3 aromatic carbocycles. The lowest BCUT2D eigenvalue weighted by Crippen LogP contribution is -2.26. The predicted molar refractivity (Wildman–Crippen MR) is 117 cm³/mol. The van der Waals surface area contributed by atoms with Crippen LogP contribution in [0.1, 0.15) is 11.1 Å². The molecule has 30 heavy (non-hydrogen) atoms. The summed E-state index contributed by atoms with van der Waals surface area (Å²) < 4.78 is 32.9. The number of carbonyl (C=O) groups excluding carboxylic acids is 1. The van der Waals surface area contributed by atoms with Gasteiger partial charge in [0.05, 0.1) is 4.90 Å². The number of aryl methyl sites for hydroxylation is 1. The fourth-order valence-electron chi connectivity index (χ4n) is 2.84. The Bertz CT molecular complexity index is 1080. The molecule has 0 atom stereocenters. The molecule has 3 rings (SSSR count). The monoisotopic (exact) mass is 424 g/mol. The fraction of sp³-hybridized carbons (Fsp3) is 0.174. The Morgan fingerprint density at radius 1 is 0.933 bits per heavy atom. The standard InChI is InChI=1S/C23H24N2O4S/c1-18-6-5-9-20(16-18)25-23(26)17-29-21-10-12-22(13-11-21)30(27,28)24-15-14-19-7-3-2-4-8-19/h2-13,16,24H,14-15,17H2,1H3,(H,25,26). The summed E-state index contributed by atoms with van der Waals surface area (Å²) in [6, 6.07) is 23.1. The SMILES string of the molecule is Cc1cccc(NC(=O)COc2ccc(S(=O)(=O)NCCc3ccccc3)cc2)c1. The third-order valence-corrected chi connectivity index (χ3v) is 5.83. The van der Waals surface area contributed by atoms with Crippen molar-refractivity contribution < 1.29 is 17.9 Å². The fourth-order valence-corrected chi connectivity index (χ4v) is 3.87. The third kappa shape index (κ3) is 6.43. The van der Waals surface area contributed by atoms with Gasteiger partial charge in [-0.1, -0.05) is 42.5 Å². The van der Waals surface area contributed by atoms with Crippen LogP contribution in [0.4, 0.5) is 5.69 Å². The number of hydrogen-bond acceptors (Lipinski definition) is 4. The van der Waals surface area contributed by atoms with E-state index < -0.39 is 10.0 Å². The van der Waals surface area contributed by atoms with Crippen molar-refractivity contribution >= 4 is 21.6 Å². The number of amides is 1. The predicted octanol–water partition coefficient (Wildman–Crippen LogP) is 3.53. The zero-order chi connectivity index (χ0) is 21.4. The number of ether oxygens (including phenoxy) is 1. The van der Waals surface area contributed by atoms with Gasteiger partial charge in [0.2, 0.25) is 10.0 Å². The van der Waals surface area contributed by atoms with Gasteiger partial charge in [0.15, 0.2) is 6.61 Å². The van der Waals surface area contributed by atoms with Crippen LogP contribution in [0.15, 0.2) is 83.8 Å². The second kappa shape index (κ2) is 10.0. The molecule has 0 saturated carbocycles. The lowest BCUT2D eigenvalue weighted by Gasteiger charge is -2.10. The lowest BCUT2D eigenvalue weighted by molar-refractivity contribution is -0.118. The highest BCUT2D eigenvalue weighted by atomic mass is 32.2. The lowest BCUT2D eigenvalue weighted by atomic mass is 10.2. The second-order valence-electron chi connectivity index (χ2n) is 6.81. The van der Waals surface area contributed by atoms with Crippen LogP contribution < -0.4 is 14.8 Å². The van der Waals surface area contributed by atoms with Gasteiger partial charge in [-0.15, -0.1) is 0 Å². The van der Waals surface area contributed by atoms with Gasteiger partial charge < -0.3 is 10.1 Å². The molecule has 0 fully saturated rings. The number of hydrogen-bond donors (Lipinski definition) is 2. The summed E-state index contributed by atoms with van der Waals surface area (Å²) >= 11 is 0. The van der Waals surface area contributed by atoms with E-state index in [9.17, 15) is 13.2 Å². The largest absolute Gasteiger partial charge is 0.484 e. The summed E-state index contributed by atoms with van der Waals surface area (Å²) in [6.07, 6.45) is 0.608. The molecule has 3 aromatic rings. The van der Waals surface area contributed by atoms with Gasteiger partial charge in [0, 0.05) is 12.2 Å². The number of carbonyl (C=O) groups is 1. The number of rotatable bonds is 9. The van der Waals surface area contributed by atoms with Gasteiger partial charge >= 0.3 is 0 Å². The Hall–Kier alpha value is -3.16. The Morgan fingerprint density at radius 3 is 2.37 bits per heavy atom. The van der Waals surface area contributed by atoms with E-state index in [0.29, 0.717) is 24.4 Å². The van der Waals surface area contributed by atoms with Crippen molar-refractivity contribution in [1.29, 1.82) is 0 Å². The number of sulfonamides is 1. The van der Waals surface area contributed by atoms with Crippen LogP contribution >= 0.6 is 0 Å². The van der Waals surface area contributed by atoms with E-state index in [1.807, 2.05) is 55.5 Å². The summed E-state index contributed by atoms with van der Waals surface area (Å²) in [4.78, 5) is 12.2. The maximum Gasteiger partial charge on any atom is 0.262 e. The van der Waals surface area contributed by atoms with Gasteiger partial charge in [-0.25, -0.2) is 13.1 Å². The van der Waals surface area contributed by atoms with Crippen LogP contribution in [0.3, 0.4) is 0 Å². The van der Waals surface area contributed by atoms with Gasteiger partial charge in [-0.2, -0.15) is 0 Å². The number of benzene rings is 3. The van der Waals surface area contributed by atoms with E-state index in [1.165, 1.54) is 24.3 Å². The molecule has 0 saturated heterocycles. The maximum absolute atomic E-state index is 12.4. The van der Waals surface area contributed by atoms with Crippen LogP contribution in [-0.2, 0) is 21.2 Å². The Balaban J connectivity index is 1.49. The minimum absolute atomic E-state index is 0.145. The molecule has 6 nitrogen and oxygen atoms in total. The number of nitrogens with one attached hydrogen (secondary N) is 2. The highest BCUT2D eigenvalue weighted by Crippen LogP contribution is 2.16. The molecular weight excluding hydrogens is 400 g/mol. The van der Waals surface area contributed by atoms with Gasteiger partial charge in [-0.05, 0) is 60.9 Å². The van der Waals surface area contributed by atoms with Crippen LogP contribution in [0.5, 0.6) is 5.75 Å². The molecule has 1 amide bonds. The van der Waals surface area contributed by atoms with Gasteiger partial charge in [0.25, 0.3) is 5.91 Å². The highest BCUT2D eigenvalue weighted by molar-refractivity contribution is 7.89. The first kappa shape index (κ1) is 21.5. The highest BCUT2D eigenvalue weighted by Gasteiger charge is 2.13. The molecule has 0 bridgehead atoms. The Morgan fingerprint density at radius 2 is 1.67 bits per heavy atom. The van der Waals surface area contributed by atoms with Crippen molar-refractivity contribution in [2.45, 2.75) is 18.2 Å². The molecule has 0 aromatic heterocycles. The molecule has 0 aliphatic heterocycles. The Kier molecular flexibility index (Phi) is 7.21. The van der Waals surface area contributed by atoms with E-state index in [4.69, 9.17) is 4.74 Å². The van der Waals surface area contributed by atoms with Crippen LogP contribution in [0.25, 0.3) is 0 Å². The minimum atomic E-state index is -3.61. The molecule has 0 spiro atoms. The molecule has 2 N–H and O–H groups in total. The topological polar surface area (TPSA) is 84.5 Å². The van der Waals surface area contributed by atoms with Crippen molar-refractivity contribution in [1.82, 2.24) is 4.72 Å². The summed E-state index contributed by atoms with van der Waals surface area (Å²) in [7, 11) is -3.61. The first-order valence-corrected chi connectivity index (χ1v) is 11.0. The van der Waals surface area contributed by atoms with Crippen molar-refractivity contribution in [3.63, 3.8) is 0 Å². The third-order valence-electron chi connectivity index (χ3n) is 4.35. The zero-order valence-electron chi connectivity index (χ0n) is 16.7.